The summed E-state index contributed by atoms with van der Waals surface area (Å²) in [5.74, 6) is 0. The molecule has 4 nitrogen and oxygen atoms in total. The quantitative estimate of drug-likeness (QED) is 0.632. The van der Waals surface area contributed by atoms with Crippen LogP contribution in [0.3, 0.4) is 0 Å². The Morgan fingerprint density at radius 2 is 1.36 bits per heavy atom. The number of aliphatic hydroxyl groups is 1. The first-order valence-corrected chi connectivity index (χ1v) is 5.18. The van der Waals surface area contributed by atoms with E-state index >= 15 is 0 Å². The van der Waals surface area contributed by atoms with Gasteiger partial charge in [0.1, 0.15) is 0 Å². The van der Waals surface area contributed by atoms with Crippen molar-refractivity contribution in [1.82, 2.24) is 4.90 Å². The van der Waals surface area contributed by atoms with Crippen molar-refractivity contribution in [2.45, 2.75) is 27.2 Å². The molecule has 4 heteroatoms. The van der Waals surface area contributed by atoms with Gasteiger partial charge in [0.2, 0.25) is 0 Å². The molecule has 0 aliphatic heterocycles. The van der Waals surface area contributed by atoms with E-state index in [4.69, 9.17) is 16.6 Å². The van der Waals surface area contributed by atoms with Crippen molar-refractivity contribution in [3.05, 3.63) is 0 Å². The average molecular weight is 209 g/mol. The molecule has 5 N–H and O–H groups in total. The van der Waals surface area contributed by atoms with Crippen LogP contribution in [-0.2, 0) is 0 Å². The molecule has 0 fully saturated rings. The van der Waals surface area contributed by atoms with E-state index in [0.717, 1.165) is 33.2 Å². The van der Waals surface area contributed by atoms with E-state index in [1.807, 2.05) is 20.8 Å². The van der Waals surface area contributed by atoms with Crippen LogP contribution in [0.5, 0.6) is 0 Å². The van der Waals surface area contributed by atoms with Crippen molar-refractivity contribution in [3.63, 3.8) is 0 Å². The van der Waals surface area contributed by atoms with E-state index in [0.29, 0.717) is 0 Å². The summed E-state index contributed by atoms with van der Waals surface area (Å²) in [6.45, 7) is 8.56. The molecule has 0 heterocycles. The number of aliphatic hydroxyl groups excluding tert-OH is 1. The highest BCUT2D eigenvalue weighted by atomic mass is 16.2. The SMILES string of the molecule is CC.CCN.CN(C)CCCN.CO. The van der Waals surface area contributed by atoms with Crippen LogP contribution in [0.15, 0.2) is 0 Å². The molecule has 0 aliphatic rings. The number of rotatable bonds is 3. The zero-order chi connectivity index (χ0) is 12.4. The summed E-state index contributed by atoms with van der Waals surface area (Å²) < 4.78 is 0. The van der Waals surface area contributed by atoms with Crippen LogP contribution >= 0.6 is 0 Å². The molecule has 0 amide bonds. The lowest BCUT2D eigenvalue weighted by atomic mass is 10.4. The molecule has 14 heavy (non-hydrogen) atoms. The molecule has 0 aromatic carbocycles. The van der Waals surface area contributed by atoms with Crippen molar-refractivity contribution >= 4 is 0 Å². The lowest BCUT2D eigenvalue weighted by Crippen LogP contribution is -2.16. The smallest absolute Gasteiger partial charge is 0.0319 e. The normalized spacial score (nSPS) is 7.29. The average Bonchev–Trinajstić information content (AvgIpc) is 2.22. The maximum atomic E-state index is 7.00. The zero-order valence-electron chi connectivity index (χ0n) is 10.9. The van der Waals surface area contributed by atoms with E-state index in [2.05, 4.69) is 19.0 Å². The number of nitrogens with two attached hydrogens (primary N) is 2. The maximum absolute atomic E-state index is 7.00. The number of nitrogens with zero attached hydrogens (tertiary/aromatic N) is 1. The van der Waals surface area contributed by atoms with Gasteiger partial charge in [-0.15, -0.1) is 0 Å². The molecule has 0 saturated carbocycles. The molecule has 0 aromatic heterocycles. The van der Waals surface area contributed by atoms with Gasteiger partial charge in [-0.2, -0.15) is 0 Å². The molecule has 92 valence electrons. The van der Waals surface area contributed by atoms with Crippen LogP contribution in [0.4, 0.5) is 0 Å². The lowest BCUT2D eigenvalue weighted by Gasteiger charge is -2.05. The predicted octanol–water partition coefficient (Wildman–Crippen LogP) is 0.497. The topological polar surface area (TPSA) is 75.5 Å². The summed E-state index contributed by atoms with van der Waals surface area (Å²) in [6, 6.07) is 0. The number of hydrogen-bond donors (Lipinski definition) is 3. The van der Waals surface area contributed by atoms with E-state index in [1.165, 1.54) is 0 Å². The van der Waals surface area contributed by atoms with Crippen molar-refractivity contribution in [2.24, 2.45) is 11.5 Å². The van der Waals surface area contributed by atoms with Crippen LogP contribution in [0, 0.1) is 0 Å². The molecule has 0 spiro atoms. The Morgan fingerprint density at radius 3 is 1.43 bits per heavy atom. The van der Waals surface area contributed by atoms with Gasteiger partial charge in [-0.1, -0.05) is 20.8 Å². The minimum absolute atomic E-state index is 0.750. The molecule has 0 atom stereocenters. The fourth-order valence-corrected chi connectivity index (χ4v) is 0.408. The highest BCUT2D eigenvalue weighted by Gasteiger charge is 1.83. The van der Waals surface area contributed by atoms with Gasteiger partial charge >= 0.3 is 0 Å². The highest BCUT2D eigenvalue weighted by Crippen LogP contribution is 1.76. The highest BCUT2D eigenvalue weighted by molar-refractivity contribution is 4.42. The molecule has 0 radical (unpaired) electrons. The molecule has 0 rings (SSSR count). The van der Waals surface area contributed by atoms with Crippen molar-refractivity contribution < 1.29 is 5.11 Å². The third-order valence-electron chi connectivity index (χ3n) is 0.809. The molecular weight excluding hydrogens is 178 g/mol. The third-order valence-corrected chi connectivity index (χ3v) is 0.809. The first-order chi connectivity index (χ1) is 6.68. The largest absolute Gasteiger partial charge is 0.400 e. The van der Waals surface area contributed by atoms with Gasteiger partial charge in [0.15, 0.2) is 0 Å². The summed E-state index contributed by atoms with van der Waals surface area (Å²) in [4.78, 5) is 2.13. The van der Waals surface area contributed by atoms with E-state index in [-0.39, 0.29) is 0 Å². The summed E-state index contributed by atoms with van der Waals surface area (Å²) in [5.41, 5.74) is 10.1. The standard InChI is InChI=1S/C5H14N2.C2H7N.C2H6.CH4O/c1-7(2)5-3-4-6;1-2-3;2*1-2/h3-6H2,1-2H3;2-3H2,1H3;1-2H3;2H,1H3. The van der Waals surface area contributed by atoms with Gasteiger partial charge < -0.3 is 21.5 Å². The Morgan fingerprint density at radius 1 is 1.07 bits per heavy atom. The zero-order valence-corrected chi connectivity index (χ0v) is 10.9. The van der Waals surface area contributed by atoms with Gasteiger partial charge in [0.25, 0.3) is 0 Å². The second kappa shape index (κ2) is 38.5. The van der Waals surface area contributed by atoms with Crippen LogP contribution in [0.2, 0.25) is 0 Å². The molecule has 0 saturated heterocycles. The number of hydrogen-bond acceptors (Lipinski definition) is 4. The first kappa shape index (κ1) is 23.6. The molecule has 0 bridgehead atoms. The van der Waals surface area contributed by atoms with Gasteiger partial charge in [0.05, 0.1) is 0 Å². The Balaban J connectivity index is -0.0000000603. The van der Waals surface area contributed by atoms with Crippen LogP contribution < -0.4 is 11.5 Å². The molecule has 0 unspecified atom stereocenters. The van der Waals surface area contributed by atoms with Crippen molar-refractivity contribution in [2.75, 3.05) is 40.8 Å². The predicted molar refractivity (Wildman–Crippen MR) is 66.4 cm³/mol. The fraction of sp³-hybridized carbons (Fsp3) is 1.00. The van der Waals surface area contributed by atoms with Gasteiger partial charge in [-0.3, -0.25) is 0 Å². The summed E-state index contributed by atoms with van der Waals surface area (Å²) in [6.07, 6.45) is 1.10. The summed E-state index contributed by atoms with van der Waals surface area (Å²) in [5, 5.41) is 7.00. The fourth-order valence-electron chi connectivity index (χ4n) is 0.408. The van der Waals surface area contributed by atoms with Crippen molar-refractivity contribution in [3.8, 4) is 0 Å². The van der Waals surface area contributed by atoms with Crippen molar-refractivity contribution in [1.29, 1.82) is 0 Å². The Hall–Kier alpha value is -0.160. The molecule has 0 aliphatic carbocycles. The summed E-state index contributed by atoms with van der Waals surface area (Å²) >= 11 is 0. The second-order valence-electron chi connectivity index (χ2n) is 2.35. The monoisotopic (exact) mass is 209 g/mol. The summed E-state index contributed by atoms with van der Waals surface area (Å²) in [7, 11) is 5.10. The van der Waals surface area contributed by atoms with Crippen LogP contribution in [0.1, 0.15) is 27.2 Å². The van der Waals surface area contributed by atoms with E-state index in [9.17, 15) is 0 Å². The van der Waals surface area contributed by atoms with Gasteiger partial charge in [0, 0.05) is 7.11 Å². The maximum Gasteiger partial charge on any atom is 0.0319 e. The Bertz CT molecular complexity index is 52.6. The van der Waals surface area contributed by atoms with Crippen LogP contribution in [-0.4, -0.2) is 50.8 Å². The molecule has 0 aromatic rings. The van der Waals surface area contributed by atoms with Gasteiger partial charge in [-0.05, 0) is 40.2 Å². The minimum Gasteiger partial charge on any atom is -0.400 e. The van der Waals surface area contributed by atoms with E-state index in [1.54, 1.807) is 0 Å². The minimum atomic E-state index is 0.750. The second-order valence-corrected chi connectivity index (χ2v) is 2.35. The third kappa shape index (κ3) is 94.4. The lowest BCUT2D eigenvalue weighted by molar-refractivity contribution is 0.399. The Kier molecular flexibility index (Phi) is 64.8. The van der Waals surface area contributed by atoms with Gasteiger partial charge in [-0.25, -0.2) is 0 Å². The Labute approximate surface area is 90.3 Å². The van der Waals surface area contributed by atoms with E-state index < -0.39 is 0 Å². The molecular formula is C10H31N3O. The first-order valence-electron chi connectivity index (χ1n) is 5.18. The van der Waals surface area contributed by atoms with Crippen LogP contribution in [0.25, 0.3) is 0 Å².